The maximum absolute atomic E-state index is 11.8. The van der Waals surface area contributed by atoms with Crippen molar-refractivity contribution in [1.29, 1.82) is 0 Å². The van der Waals surface area contributed by atoms with Crippen molar-refractivity contribution >= 4 is 24.4 Å². The highest BCUT2D eigenvalue weighted by Crippen LogP contribution is 2.20. The van der Waals surface area contributed by atoms with Gasteiger partial charge in [0.2, 0.25) is 11.8 Å². The van der Waals surface area contributed by atoms with Crippen molar-refractivity contribution < 1.29 is 9.59 Å². The zero-order valence-corrected chi connectivity index (χ0v) is 9.60. The largest absolute Gasteiger partial charge is 0.341 e. The van der Waals surface area contributed by atoms with Crippen molar-refractivity contribution in [3.05, 3.63) is 0 Å². The lowest BCUT2D eigenvalue weighted by molar-refractivity contribution is -0.154. The fourth-order valence-electron chi connectivity index (χ4n) is 1.66. The van der Waals surface area contributed by atoms with Crippen molar-refractivity contribution in [3.63, 3.8) is 0 Å². The Morgan fingerprint density at radius 2 is 2.07 bits per heavy atom. The van der Waals surface area contributed by atoms with Crippen LogP contribution < -0.4 is 5.32 Å². The van der Waals surface area contributed by atoms with Crippen molar-refractivity contribution in [2.45, 2.75) is 32.4 Å². The van der Waals surface area contributed by atoms with Crippen LogP contribution in [-0.2, 0) is 9.59 Å². The first-order chi connectivity index (χ1) is 6.45. The summed E-state index contributed by atoms with van der Waals surface area (Å²) in [5, 5.41) is 2.66. The van der Waals surface area contributed by atoms with E-state index in [0.29, 0.717) is 12.3 Å². The van der Waals surface area contributed by atoms with E-state index in [9.17, 15) is 9.59 Å². The van der Waals surface area contributed by atoms with Crippen molar-refractivity contribution in [2.24, 2.45) is 0 Å². The van der Waals surface area contributed by atoms with Crippen LogP contribution in [0.15, 0.2) is 0 Å². The predicted molar refractivity (Wildman–Crippen MR) is 57.2 cm³/mol. The number of nitrogens with one attached hydrogen (secondary N) is 1. The van der Waals surface area contributed by atoms with Gasteiger partial charge in [-0.1, -0.05) is 0 Å². The van der Waals surface area contributed by atoms with E-state index in [-0.39, 0.29) is 11.8 Å². The molecule has 0 aromatic rings. The summed E-state index contributed by atoms with van der Waals surface area (Å²) in [5.41, 5.74) is -0.745. The zero-order valence-electron chi connectivity index (χ0n) is 8.70. The normalized spacial score (nSPS) is 26.3. The average Bonchev–Trinajstić information content (AvgIpc) is 2.12. The molecule has 0 aromatic heterocycles. The number of nitrogens with zero attached hydrogens (tertiary/aromatic N) is 1. The Labute approximate surface area is 89.4 Å². The van der Waals surface area contributed by atoms with Crippen LogP contribution in [0.3, 0.4) is 0 Å². The first-order valence-electron chi connectivity index (χ1n) is 4.68. The molecule has 0 spiro atoms. The van der Waals surface area contributed by atoms with Crippen LogP contribution in [0, 0.1) is 0 Å². The van der Waals surface area contributed by atoms with Gasteiger partial charge in [0.05, 0.1) is 0 Å². The molecule has 0 saturated carbocycles. The van der Waals surface area contributed by atoms with E-state index in [0.717, 1.165) is 0 Å². The Morgan fingerprint density at radius 1 is 1.50 bits per heavy atom. The molecule has 0 radical (unpaired) electrons. The number of likely N-dealkylation sites (N-methyl/N-ethyl adjacent to an activating group) is 1. The molecule has 14 heavy (non-hydrogen) atoms. The molecule has 1 atom stereocenters. The molecule has 1 aliphatic heterocycles. The van der Waals surface area contributed by atoms with Gasteiger partial charge in [0, 0.05) is 12.3 Å². The van der Waals surface area contributed by atoms with Gasteiger partial charge in [-0.2, -0.15) is 12.6 Å². The first kappa shape index (κ1) is 11.4. The average molecular weight is 216 g/mol. The van der Waals surface area contributed by atoms with Gasteiger partial charge in [-0.15, -0.1) is 0 Å². The highest BCUT2D eigenvalue weighted by atomic mass is 32.1. The van der Waals surface area contributed by atoms with Gasteiger partial charge < -0.3 is 10.2 Å². The maximum Gasteiger partial charge on any atom is 0.246 e. The van der Waals surface area contributed by atoms with Crippen molar-refractivity contribution in [2.75, 3.05) is 12.3 Å². The van der Waals surface area contributed by atoms with Gasteiger partial charge in [-0.3, -0.25) is 9.59 Å². The van der Waals surface area contributed by atoms with Gasteiger partial charge in [-0.25, -0.2) is 0 Å². The summed E-state index contributed by atoms with van der Waals surface area (Å²) >= 11 is 4.04. The summed E-state index contributed by atoms with van der Waals surface area (Å²) in [6.45, 7) is 5.91. The van der Waals surface area contributed by atoms with Crippen LogP contribution in [0.1, 0.15) is 20.8 Å². The second-order valence-corrected chi connectivity index (χ2v) is 4.22. The number of amides is 2. The van der Waals surface area contributed by atoms with E-state index in [1.807, 2.05) is 6.92 Å². The highest BCUT2D eigenvalue weighted by molar-refractivity contribution is 7.80. The van der Waals surface area contributed by atoms with Crippen molar-refractivity contribution in [1.82, 2.24) is 10.2 Å². The molecular weight excluding hydrogens is 200 g/mol. The van der Waals surface area contributed by atoms with Gasteiger partial charge in [0.1, 0.15) is 11.6 Å². The molecule has 4 nitrogen and oxygen atoms in total. The van der Waals surface area contributed by atoms with Crippen LogP contribution in [0.2, 0.25) is 0 Å². The summed E-state index contributed by atoms with van der Waals surface area (Å²) in [7, 11) is 0. The number of carbonyl (C=O) groups is 2. The molecule has 2 amide bonds. The van der Waals surface area contributed by atoms with Crippen LogP contribution >= 0.6 is 12.6 Å². The summed E-state index contributed by atoms with van der Waals surface area (Å²) in [4.78, 5) is 25.1. The molecule has 1 rings (SSSR count). The Bertz CT molecular complexity index is 266. The lowest BCUT2D eigenvalue weighted by atomic mass is 9.96. The second-order valence-electron chi connectivity index (χ2n) is 3.85. The number of thiol groups is 1. The summed E-state index contributed by atoms with van der Waals surface area (Å²) in [6.07, 6.45) is 0. The Kier molecular flexibility index (Phi) is 3.09. The third-order valence-corrected chi connectivity index (χ3v) is 2.96. The third-order valence-electron chi connectivity index (χ3n) is 2.60. The van der Waals surface area contributed by atoms with Gasteiger partial charge in [0.15, 0.2) is 0 Å². The molecular formula is C9H16N2O2S. The minimum absolute atomic E-state index is 0.0490. The van der Waals surface area contributed by atoms with Crippen molar-refractivity contribution in [3.8, 4) is 0 Å². The van der Waals surface area contributed by atoms with Crippen LogP contribution in [0.25, 0.3) is 0 Å². The molecule has 0 aromatic carbocycles. The molecule has 80 valence electrons. The van der Waals surface area contributed by atoms with E-state index in [1.165, 1.54) is 0 Å². The van der Waals surface area contributed by atoms with E-state index in [1.54, 1.807) is 18.7 Å². The summed E-state index contributed by atoms with van der Waals surface area (Å²) < 4.78 is 0. The standard InChI is InChI=1S/C9H16N2O2S/c1-4-11-7(12)6(5-14)10-8(13)9(11,2)3/h6,14H,4-5H2,1-3H3,(H,10,13)/t6-/m0/s1. The zero-order chi connectivity index (χ0) is 10.9. The SMILES string of the molecule is CCN1C(=O)[C@H](CS)NC(=O)C1(C)C. The quantitative estimate of drug-likeness (QED) is 0.640. The molecule has 1 heterocycles. The number of hydrogen-bond donors (Lipinski definition) is 2. The minimum atomic E-state index is -0.745. The Hall–Kier alpha value is -0.710. The second kappa shape index (κ2) is 3.81. The number of carbonyl (C=O) groups excluding carboxylic acids is 2. The van der Waals surface area contributed by atoms with Gasteiger partial charge in [-0.05, 0) is 20.8 Å². The Balaban J connectivity index is 2.97. The van der Waals surface area contributed by atoms with E-state index in [4.69, 9.17) is 0 Å². The topological polar surface area (TPSA) is 49.4 Å². The number of rotatable bonds is 2. The molecule has 0 bridgehead atoms. The monoisotopic (exact) mass is 216 g/mol. The number of hydrogen-bond acceptors (Lipinski definition) is 3. The number of piperazine rings is 1. The molecule has 1 saturated heterocycles. The minimum Gasteiger partial charge on any atom is -0.341 e. The smallest absolute Gasteiger partial charge is 0.246 e. The summed E-state index contributed by atoms with van der Waals surface area (Å²) in [5.74, 6) is 0.182. The Morgan fingerprint density at radius 3 is 2.50 bits per heavy atom. The molecule has 1 fully saturated rings. The van der Waals surface area contributed by atoms with E-state index in [2.05, 4.69) is 17.9 Å². The maximum atomic E-state index is 11.8. The lowest BCUT2D eigenvalue weighted by Gasteiger charge is -2.43. The first-order valence-corrected chi connectivity index (χ1v) is 5.31. The summed E-state index contributed by atoms with van der Waals surface area (Å²) in [6, 6.07) is -0.473. The van der Waals surface area contributed by atoms with Crippen LogP contribution in [0.4, 0.5) is 0 Å². The fourth-order valence-corrected chi connectivity index (χ4v) is 1.91. The highest BCUT2D eigenvalue weighted by Gasteiger charge is 2.44. The van der Waals surface area contributed by atoms with Crippen LogP contribution in [-0.4, -0.2) is 40.6 Å². The fraction of sp³-hybridized carbons (Fsp3) is 0.778. The van der Waals surface area contributed by atoms with Gasteiger partial charge in [0.25, 0.3) is 0 Å². The molecule has 0 aliphatic carbocycles. The van der Waals surface area contributed by atoms with Crippen LogP contribution in [0.5, 0.6) is 0 Å². The van der Waals surface area contributed by atoms with Gasteiger partial charge >= 0.3 is 0 Å². The molecule has 1 aliphatic rings. The van der Waals surface area contributed by atoms with E-state index < -0.39 is 11.6 Å². The lowest BCUT2D eigenvalue weighted by Crippen LogP contribution is -2.68. The molecule has 0 unspecified atom stereocenters. The molecule has 1 N–H and O–H groups in total. The predicted octanol–water partition coefficient (Wildman–Crippen LogP) is 0.0417. The third kappa shape index (κ3) is 1.61. The molecule has 5 heteroatoms. The van der Waals surface area contributed by atoms with E-state index >= 15 is 0 Å².